The number of hydrogen-bond acceptors (Lipinski definition) is 6. The van der Waals surface area contributed by atoms with Gasteiger partial charge in [-0.15, -0.1) is 0 Å². The highest BCUT2D eigenvalue weighted by Crippen LogP contribution is 2.33. The molecule has 0 spiro atoms. The first-order valence-electron chi connectivity index (χ1n) is 5.29. The third kappa shape index (κ3) is 4.85. The molecule has 0 aromatic heterocycles. The quantitative estimate of drug-likeness (QED) is 0.252. The Bertz CT molecular complexity index is 504. The van der Waals surface area contributed by atoms with Crippen LogP contribution < -0.4 is 4.74 Å². The van der Waals surface area contributed by atoms with Gasteiger partial charge < -0.3 is 9.47 Å². The van der Waals surface area contributed by atoms with Crippen molar-refractivity contribution in [1.29, 1.82) is 5.26 Å². The van der Waals surface area contributed by atoms with E-state index in [4.69, 9.17) is 14.7 Å². The lowest BCUT2D eigenvalue weighted by atomic mass is 10.2. The standard InChI is InChI=1S/C11H11IN2O4S/c12-9-5-8(7-13)6-10(14(15)16)11(9)18-2-1-17-3-4-19/h5-6,19H,1-4H2. The van der Waals surface area contributed by atoms with E-state index < -0.39 is 4.92 Å². The van der Waals surface area contributed by atoms with Gasteiger partial charge in [-0.1, -0.05) is 0 Å². The van der Waals surface area contributed by atoms with E-state index in [9.17, 15) is 10.1 Å². The summed E-state index contributed by atoms with van der Waals surface area (Å²) in [7, 11) is 0. The van der Waals surface area contributed by atoms with E-state index in [0.717, 1.165) is 0 Å². The van der Waals surface area contributed by atoms with E-state index in [1.807, 2.05) is 28.7 Å². The third-order valence-electron chi connectivity index (χ3n) is 2.06. The van der Waals surface area contributed by atoms with Gasteiger partial charge in [0.05, 0.1) is 33.3 Å². The smallest absolute Gasteiger partial charge is 0.313 e. The number of nitrogens with zero attached hydrogens (tertiary/aromatic N) is 2. The molecule has 0 unspecified atom stereocenters. The molecule has 0 aliphatic rings. The normalized spacial score (nSPS) is 9.95. The highest BCUT2D eigenvalue weighted by Gasteiger charge is 2.20. The Morgan fingerprint density at radius 2 is 2.16 bits per heavy atom. The second-order valence-electron chi connectivity index (χ2n) is 3.36. The summed E-state index contributed by atoms with van der Waals surface area (Å²) in [5.74, 6) is 0.772. The van der Waals surface area contributed by atoms with Crippen LogP contribution in [0, 0.1) is 25.0 Å². The van der Waals surface area contributed by atoms with Crippen LogP contribution in [-0.2, 0) is 4.74 Å². The van der Waals surface area contributed by atoms with Gasteiger partial charge in [-0.25, -0.2) is 0 Å². The third-order valence-corrected chi connectivity index (χ3v) is 3.04. The zero-order valence-electron chi connectivity index (χ0n) is 9.84. The summed E-state index contributed by atoms with van der Waals surface area (Å²) in [5.41, 5.74) is 0.0208. The first-order valence-corrected chi connectivity index (χ1v) is 7.00. The van der Waals surface area contributed by atoms with E-state index >= 15 is 0 Å². The summed E-state index contributed by atoms with van der Waals surface area (Å²) in [4.78, 5) is 10.4. The molecule has 1 aromatic carbocycles. The highest BCUT2D eigenvalue weighted by atomic mass is 127. The van der Waals surface area contributed by atoms with Crippen molar-refractivity contribution >= 4 is 40.9 Å². The molecule has 0 amide bonds. The molecule has 0 N–H and O–H groups in total. The number of hydrogen-bond donors (Lipinski definition) is 1. The van der Waals surface area contributed by atoms with Crippen LogP contribution in [0.2, 0.25) is 0 Å². The van der Waals surface area contributed by atoms with Gasteiger partial charge in [-0.2, -0.15) is 17.9 Å². The summed E-state index contributed by atoms with van der Waals surface area (Å²) >= 11 is 5.89. The summed E-state index contributed by atoms with van der Waals surface area (Å²) in [6.45, 7) is 1.03. The molecule has 1 rings (SSSR count). The fourth-order valence-corrected chi connectivity index (χ4v) is 2.19. The molecule has 0 radical (unpaired) electrons. The monoisotopic (exact) mass is 394 g/mol. The second kappa shape index (κ2) is 8.19. The van der Waals surface area contributed by atoms with Crippen LogP contribution in [0.1, 0.15) is 5.56 Å². The minimum atomic E-state index is -0.563. The lowest BCUT2D eigenvalue weighted by Crippen LogP contribution is -2.10. The molecular formula is C11H11IN2O4S. The van der Waals surface area contributed by atoms with Crippen LogP contribution in [0.15, 0.2) is 12.1 Å². The number of nitriles is 1. The largest absolute Gasteiger partial charge is 0.484 e. The molecule has 0 saturated carbocycles. The Balaban J connectivity index is 2.81. The van der Waals surface area contributed by atoms with Gasteiger partial charge in [0.15, 0.2) is 0 Å². The maximum Gasteiger partial charge on any atom is 0.313 e. The Hall–Kier alpha value is -1.05. The van der Waals surface area contributed by atoms with Gasteiger partial charge in [0.25, 0.3) is 0 Å². The Morgan fingerprint density at radius 1 is 1.42 bits per heavy atom. The van der Waals surface area contributed by atoms with Gasteiger partial charge in [-0.05, 0) is 28.7 Å². The van der Waals surface area contributed by atoms with Crippen molar-refractivity contribution in [3.63, 3.8) is 0 Å². The summed E-state index contributed by atoms with van der Waals surface area (Å²) in [6, 6.07) is 4.62. The number of thiol groups is 1. The van der Waals surface area contributed by atoms with Crippen LogP contribution in [0.4, 0.5) is 5.69 Å². The summed E-state index contributed by atoms with van der Waals surface area (Å²) < 4.78 is 11.1. The van der Waals surface area contributed by atoms with Crippen LogP contribution in [0.3, 0.4) is 0 Å². The lowest BCUT2D eigenvalue weighted by Gasteiger charge is -2.09. The van der Waals surface area contributed by atoms with Crippen molar-refractivity contribution < 1.29 is 14.4 Å². The Morgan fingerprint density at radius 3 is 2.74 bits per heavy atom. The molecule has 0 aliphatic heterocycles. The van der Waals surface area contributed by atoms with Gasteiger partial charge in [-0.3, -0.25) is 10.1 Å². The first-order chi connectivity index (χ1) is 9.10. The topological polar surface area (TPSA) is 85.4 Å². The number of nitro benzene ring substituents is 1. The highest BCUT2D eigenvalue weighted by molar-refractivity contribution is 14.1. The van der Waals surface area contributed by atoms with Crippen LogP contribution in [0.25, 0.3) is 0 Å². The molecule has 0 atom stereocenters. The molecular weight excluding hydrogens is 383 g/mol. The molecule has 0 heterocycles. The minimum absolute atomic E-state index is 0.166. The Kier molecular flexibility index (Phi) is 6.90. The van der Waals surface area contributed by atoms with Gasteiger partial charge in [0, 0.05) is 11.8 Å². The number of rotatable bonds is 7. The van der Waals surface area contributed by atoms with Crippen molar-refractivity contribution in [2.24, 2.45) is 0 Å². The summed E-state index contributed by atoms with van der Waals surface area (Å²) in [5, 5.41) is 19.7. The van der Waals surface area contributed by atoms with Crippen molar-refractivity contribution in [3.05, 3.63) is 31.4 Å². The first kappa shape index (κ1) is 16.0. The van der Waals surface area contributed by atoms with E-state index in [1.54, 1.807) is 0 Å². The molecule has 0 fully saturated rings. The summed E-state index contributed by atoms with van der Waals surface area (Å²) in [6.07, 6.45) is 0. The van der Waals surface area contributed by atoms with Crippen molar-refractivity contribution in [2.45, 2.75) is 0 Å². The number of halogens is 1. The SMILES string of the molecule is N#Cc1cc(I)c(OCCOCCS)c([N+](=O)[O-])c1. The van der Waals surface area contributed by atoms with Crippen LogP contribution in [0.5, 0.6) is 5.75 Å². The van der Waals surface area contributed by atoms with Crippen LogP contribution >= 0.6 is 35.2 Å². The molecule has 1 aromatic rings. The molecule has 0 saturated heterocycles. The zero-order valence-corrected chi connectivity index (χ0v) is 12.9. The number of benzene rings is 1. The molecule has 19 heavy (non-hydrogen) atoms. The number of ether oxygens (including phenoxy) is 2. The van der Waals surface area contributed by atoms with E-state index in [-0.39, 0.29) is 23.6 Å². The lowest BCUT2D eigenvalue weighted by molar-refractivity contribution is -0.386. The predicted octanol–water partition coefficient (Wildman–Crippen LogP) is 2.40. The van der Waals surface area contributed by atoms with Crippen LogP contribution in [-0.4, -0.2) is 30.5 Å². The molecule has 0 bridgehead atoms. The molecule has 0 aliphatic carbocycles. The second-order valence-corrected chi connectivity index (χ2v) is 4.97. The van der Waals surface area contributed by atoms with Crippen molar-refractivity contribution in [3.8, 4) is 11.8 Å². The average Bonchev–Trinajstić information content (AvgIpc) is 2.39. The van der Waals surface area contributed by atoms with Crippen molar-refractivity contribution in [1.82, 2.24) is 0 Å². The fourth-order valence-electron chi connectivity index (χ4n) is 1.29. The van der Waals surface area contributed by atoms with Gasteiger partial charge in [0.1, 0.15) is 6.61 Å². The number of nitro groups is 1. The molecule has 8 heteroatoms. The Labute approximate surface area is 129 Å². The zero-order chi connectivity index (χ0) is 14.3. The van der Waals surface area contributed by atoms with E-state index in [2.05, 4.69) is 12.6 Å². The molecule has 6 nitrogen and oxygen atoms in total. The fraction of sp³-hybridized carbons (Fsp3) is 0.364. The maximum atomic E-state index is 10.9. The van der Waals surface area contributed by atoms with Gasteiger partial charge in [0.2, 0.25) is 5.75 Å². The average molecular weight is 394 g/mol. The minimum Gasteiger partial charge on any atom is -0.484 e. The molecule has 102 valence electrons. The van der Waals surface area contributed by atoms with Gasteiger partial charge >= 0.3 is 5.69 Å². The predicted molar refractivity (Wildman–Crippen MR) is 80.7 cm³/mol. The van der Waals surface area contributed by atoms with E-state index in [1.165, 1.54) is 12.1 Å². The van der Waals surface area contributed by atoms with Crippen molar-refractivity contribution in [2.75, 3.05) is 25.6 Å². The van der Waals surface area contributed by atoms with E-state index in [0.29, 0.717) is 22.5 Å². The maximum absolute atomic E-state index is 10.9.